The van der Waals surface area contributed by atoms with Crippen molar-refractivity contribution in [1.29, 1.82) is 0 Å². The van der Waals surface area contributed by atoms with Crippen LogP contribution in [0.3, 0.4) is 0 Å². The van der Waals surface area contributed by atoms with Crippen molar-refractivity contribution < 1.29 is 29.0 Å². The maximum atomic E-state index is 13.2. The fourth-order valence-electron chi connectivity index (χ4n) is 5.55. The number of hydrogen-bond donors (Lipinski definition) is 1. The molecule has 0 saturated carbocycles. The van der Waals surface area contributed by atoms with E-state index in [1.807, 2.05) is 6.92 Å². The van der Waals surface area contributed by atoms with Crippen molar-refractivity contribution in [1.82, 2.24) is 9.80 Å². The number of thioether (sulfide) groups is 2. The molecule has 0 aromatic carbocycles. The summed E-state index contributed by atoms with van der Waals surface area (Å²) >= 11 is 3.39. The van der Waals surface area contributed by atoms with Gasteiger partial charge < -0.3 is 24.4 Å². The van der Waals surface area contributed by atoms with E-state index in [0.717, 1.165) is 54.7 Å². The number of carbonyl (C=O) groups is 3. The molecule has 11 heteroatoms. The van der Waals surface area contributed by atoms with E-state index >= 15 is 0 Å². The van der Waals surface area contributed by atoms with Crippen LogP contribution in [0.25, 0.3) is 0 Å². The van der Waals surface area contributed by atoms with Gasteiger partial charge in [-0.2, -0.15) is 0 Å². The molecule has 0 unspecified atom stereocenters. The number of fused-ring (bicyclic) bond motifs is 1. The van der Waals surface area contributed by atoms with E-state index in [0.29, 0.717) is 6.42 Å². The highest BCUT2D eigenvalue weighted by Crippen LogP contribution is 2.52. The number of nitrogens with zero attached hydrogens (tertiary/aromatic N) is 3. The number of aliphatic imine (C=N–C) groups is 1. The maximum absolute atomic E-state index is 13.2. The van der Waals surface area contributed by atoms with Gasteiger partial charge >= 0.3 is 11.9 Å². The molecule has 4 aliphatic heterocycles. The quantitative estimate of drug-likeness (QED) is 0.145. The van der Waals surface area contributed by atoms with Gasteiger partial charge in [-0.3, -0.25) is 14.6 Å². The van der Waals surface area contributed by atoms with Crippen LogP contribution in [0.2, 0.25) is 0 Å². The van der Waals surface area contributed by atoms with Crippen LogP contribution in [-0.2, 0) is 23.9 Å². The molecule has 0 aromatic heterocycles. The van der Waals surface area contributed by atoms with Crippen LogP contribution in [0.15, 0.2) is 15.6 Å². The molecule has 38 heavy (non-hydrogen) atoms. The normalized spacial score (nSPS) is 25.6. The monoisotopic (exact) mass is 567 g/mol. The van der Waals surface area contributed by atoms with Crippen molar-refractivity contribution in [2.75, 3.05) is 32.2 Å². The van der Waals surface area contributed by atoms with E-state index in [2.05, 4.69) is 16.8 Å². The summed E-state index contributed by atoms with van der Waals surface area (Å²) in [6.45, 7) is 7.86. The summed E-state index contributed by atoms with van der Waals surface area (Å²) in [6, 6.07) is -0.265. The van der Waals surface area contributed by atoms with Gasteiger partial charge in [0.15, 0.2) is 5.17 Å². The number of ether oxygens (including phenoxy) is 2. The van der Waals surface area contributed by atoms with Crippen molar-refractivity contribution in [3.05, 3.63) is 10.6 Å². The number of hydrogen-bond acceptors (Lipinski definition) is 10. The molecule has 4 heterocycles. The molecule has 212 valence electrons. The second-order valence-electron chi connectivity index (χ2n) is 10.6. The number of carbonyl (C=O) groups excluding carboxylic acids is 3. The van der Waals surface area contributed by atoms with E-state index in [4.69, 9.17) is 9.47 Å². The van der Waals surface area contributed by atoms with Gasteiger partial charge in [0.05, 0.1) is 24.6 Å². The molecule has 2 saturated heterocycles. The summed E-state index contributed by atoms with van der Waals surface area (Å²) in [7, 11) is 0. The van der Waals surface area contributed by atoms with Crippen LogP contribution in [0, 0.1) is 11.8 Å². The zero-order valence-electron chi connectivity index (χ0n) is 22.7. The van der Waals surface area contributed by atoms with E-state index in [1.54, 1.807) is 30.4 Å². The van der Waals surface area contributed by atoms with Gasteiger partial charge in [-0.05, 0) is 13.3 Å². The van der Waals surface area contributed by atoms with Gasteiger partial charge in [-0.1, -0.05) is 64.1 Å². The Morgan fingerprint density at radius 1 is 1.16 bits per heavy atom. The Balaban J connectivity index is 1.29. The lowest BCUT2D eigenvalue weighted by Gasteiger charge is -2.46. The Kier molecular flexibility index (Phi) is 10.4. The molecule has 2 fully saturated rings. The molecular formula is C27H41N3O6S2. The first-order valence-electron chi connectivity index (χ1n) is 14.0. The zero-order valence-corrected chi connectivity index (χ0v) is 24.4. The largest absolute Gasteiger partial charge is 0.428 e. The van der Waals surface area contributed by atoms with Crippen LogP contribution in [0.5, 0.6) is 0 Å². The standard InChI is InChI=1S/C27H41N3O6S2/c1-4-5-6-7-8-9-10-11-20(32)35-16-36-26(34)23-24(17(2)22-21(18(3)31)25(33)30(22)23)38-19-14-29(15-19)27-28-12-13-37-27/h17-19,21-22,31H,4-16H2,1-3H3/t17-,18-,21-,22-/m1/s1. The molecule has 4 atom stereocenters. The summed E-state index contributed by atoms with van der Waals surface area (Å²) < 4.78 is 10.5. The molecule has 0 aliphatic carbocycles. The molecule has 0 radical (unpaired) electrons. The summed E-state index contributed by atoms with van der Waals surface area (Å²) in [6.07, 6.45) is 7.25. The number of aliphatic hydroxyl groups is 1. The topological polar surface area (TPSA) is 109 Å². The molecule has 1 N–H and O–H groups in total. The number of amides is 1. The molecule has 4 aliphatic rings. The van der Waals surface area contributed by atoms with E-state index in [-0.39, 0.29) is 34.8 Å². The maximum Gasteiger partial charge on any atom is 0.358 e. The Bertz CT molecular complexity index is 949. The number of amidine groups is 1. The molecular weight excluding hydrogens is 526 g/mol. The van der Waals surface area contributed by atoms with Crippen LogP contribution >= 0.6 is 23.5 Å². The lowest BCUT2D eigenvalue weighted by Crippen LogP contribution is -2.63. The third-order valence-corrected chi connectivity index (χ3v) is 10.2. The smallest absolute Gasteiger partial charge is 0.358 e. The Morgan fingerprint density at radius 3 is 2.53 bits per heavy atom. The van der Waals surface area contributed by atoms with Crippen molar-refractivity contribution in [3.8, 4) is 0 Å². The van der Waals surface area contributed by atoms with Gasteiger partial charge in [0.2, 0.25) is 12.7 Å². The molecule has 0 bridgehead atoms. The Hall–Kier alpha value is -1.72. The van der Waals surface area contributed by atoms with Gasteiger partial charge in [0.1, 0.15) is 5.70 Å². The molecule has 4 rings (SSSR count). The summed E-state index contributed by atoms with van der Waals surface area (Å²) in [5.41, 5.74) is 0.239. The Labute approximate surface area is 234 Å². The third kappa shape index (κ3) is 6.53. The number of rotatable bonds is 14. The number of aliphatic hydroxyl groups excluding tert-OH is 1. The summed E-state index contributed by atoms with van der Waals surface area (Å²) in [5, 5.41) is 11.6. The van der Waals surface area contributed by atoms with Gasteiger partial charge in [-0.25, -0.2) is 4.79 Å². The SMILES string of the molecule is CCCCCCCCCC(=O)OCOC(=O)C1=C(SC2CN(C3=NCCS3)C2)[C@H](C)[C@@H]2[C@@H]([C@@H](C)O)C(=O)N12. The molecule has 1 amide bonds. The summed E-state index contributed by atoms with van der Waals surface area (Å²) in [5.74, 6) is -0.911. The minimum atomic E-state index is -0.794. The predicted octanol–water partition coefficient (Wildman–Crippen LogP) is 3.76. The number of β-lactam (4-membered cyclic amide) rings is 1. The lowest BCUT2D eigenvalue weighted by atomic mass is 9.79. The van der Waals surface area contributed by atoms with Gasteiger partial charge in [0, 0.05) is 41.3 Å². The van der Waals surface area contributed by atoms with Gasteiger partial charge in [-0.15, -0.1) is 11.8 Å². The van der Waals surface area contributed by atoms with Crippen LogP contribution in [0.1, 0.15) is 72.1 Å². The highest BCUT2D eigenvalue weighted by molar-refractivity contribution is 8.14. The van der Waals surface area contributed by atoms with E-state index in [9.17, 15) is 19.5 Å². The molecule has 9 nitrogen and oxygen atoms in total. The van der Waals surface area contributed by atoms with Crippen molar-refractivity contribution in [3.63, 3.8) is 0 Å². The fraction of sp³-hybridized carbons (Fsp3) is 0.778. The second-order valence-corrected chi connectivity index (χ2v) is 13.0. The fourth-order valence-corrected chi connectivity index (χ4v) is 7.94. The van der Waals surface area contributed by atoms with Crippen LogP contribution < -0.4 is 0 Å². The highest BCUT2D eigenvalue weighted by Gasteiger charge is 2.60. The number of unbranched alkanes of at least 4 members (excludes halogenated alkanes) is 6. The van der Waals surface area contributed by atoms with E-state index in [1.165, 1.54) is 30.6 Å². The van der Waals surface area contributed by atoms with Crippen molar-refractivity contribution >= 4 is 46.5 Å². The molecule has 0 spiro atoms. The zero-order chi connectivity index (χ0) is 27.2. The first-order chi connectivity index (χ1) is 18.3. The number of esters is 2. The highest BCUT2D eigenvalue weighted by atomic mass is 32.2. The van der Waals surface area contributed by atoms with Crippen molar-refractivity contribution in [2.24, 2.45) is 16.8 Å². The van der Waals surface area contributed by atoms with Crippen LogP contribution in [0.4, 0.5) is 0 Å². The Morgan fingerprint density at radius 2 is 1.87 bits per heavy atom. The average Bonchev–Trinajstić information content (AvgIpc) is 3.45. The third-order valence-electron chi connectivity index (χ3n) is 7.68. The van der Waals surface area contributed by atoms with Gasteiger partial charge in [0.25, 0.3) is 0 Å². The second kappa shape index (κ2) is 13.6. The minimum absolute atomic E-state index is 0.0908. The van der Waals surface area contributed by atoms with E-state index < -0.39 is 24.8 Å². The molecule has 0 aromatic rings. The van der Waals surface area contributed by atoms with Crippen molar-refractivity contribution in [2.45, 2.75) is 89.5 Å². The first-order valence-corrected chi connectivity index (χ1v) is 15.9. The summed E-state index contributed by atoms with van der Waals surface area (Å²) in [4.78, 5) is 47.2. The minimum Gasteiger partial charge on any atom is -0.428 e. The average molecular weight is 568 g/mol. The van der Waals surface area contributed by atoms with Crippen LogP contribution in [-0.4, -0.2) is 87.5 Å². The number of likely N-dealkylation sites (tertiary alicyclic amines) is 1. The lowest BCUT2D eigenvalue weighted by molar-refractivity contribution is -0.172. The predicted molar refractivity (Wildman–Crippen MR) is 149 cm³/mol. The first kappa shape index (κ1) is 29.3.